The summed E-state index contributed by atoms with van der Waals surface area (Å²) in [6.07, 6.45) is 13.8. The zero-order valence-corrected chi connectivity index (χ0v) is 37.0. The summed E-state index contributed by atoms with van der Waals surface area (Å²) in [6.45, 7) is 2.17. The van der Waals surface area contributed by atoms with Crippen LogP contribution in [0.25, 0.3) is 83.9 Å². The Hall–Kier alpha value is -7.36. The monoisotopic (exact) mass is 983 g/mol. The molecule has 300 valence electrons. The topological polar surface area (TPSA) is 38.7 Å². The number of hydrogen-bond acceptors (Lipinski definition) is 3. The molecule has 3 nitrogen and oxygen atoms in total. The van der Waals surface area contributed by atoms with E-state index < -0.39 is 0 Å². The Morgan fingerprint density at radius 1 is 0.397 bits per heavy atom. The van der Waals surface area contributed by atoms with Crippen LogP contribution in [0.3, 0.4) is 0 Å². The summed E-state index contributed by atoms with van der Waals surface area (Å²) in [5.41, 5.74) is 20.3. The molecule has 10 rings (SSSR count). The molecule has 0 fully saturated rings. The Morgan fingerprint density at radius 3 is 1.35 bits per heavy atom. The average Bonchev–Trinajstić information content (AvgIpc) is 3.58. The third kappa shape index (κ3) is 8.74. The van der Waals surface area contributed by atoms with Gasteiger partial charge in [0.25, 0.3) is 0 Å². The van der Waals surface area contributed by atoms with E-state index in [0.29, 0.717) is 0 Å². The molecule has 6 aromatic carbocycles. The van der Waals surface area contributed by atoms with Crippen molar-refractivity contribution in [2.24, 2.45) is 0 Å². The molecule has 0 atom stereocenters. The van der Waals surface area contributed by atoms with Crippen LogP contribution in [-0.4, -0.2) is 15.0 Å². The molecule has 9 aromatic rings. The molecule has 1 aliphatic carbocycles. The Balaban J connectivity index is 0.00000504. The molecule has 0 spiro atoms. The zero-order chi connectivity index (χ0) is 41.7. The van der Waals surface area contributed by atoms with Gasteiger partial charge in [0.05, 0.1) is 0 Å². The van der Waals surface area contributed by atoms with Crippen molar-refractivity contribution in [1.29, 1.82) is 0 Å². The second-order valence-electron chi connectivity index (χ2n) is 15.3. The first-order valence-corrected chi connectivity index (χ1v) is 20.9. The molecule has 0 unspecified atom stereocenters. The SMILES string of the molecule is Cc1cc(-c2[c-]cccc2)ncc1-c1ccccc1C1=CC(c2ccccc2-c2ccc(-c3[c-]cccc3)nc2)=CC(c2ccccc2-c2ccc(-c3[c-]cccc3)nc2)=CC1.[Ir+3]. The van der Waals surface area contributed by atoms with E-state index in [2.05, 4.69) is 153 Å². The van der Waals surface area contributed by atoms with Crippen molar-refractivity contribution < 1.29 is 20.1 Å². The van der Waals surface area contributed by atoms with Crippen molar-refractivity contribution in [2.45, 2.75) is 13.3 Å². The van der Waals surface area contributed by atoms with Crippen LogP contribution < -0.4 is 0 Å². The van der Waals surface area contributed by atoms with E-state index in [1.165, 1.54) is 11.1 Å². The molecular formula is C59H40IrN3. The predicted octanol–water partition coefficient (Wildman–Crippen LogP) is 14.5. The molecule has 3 heterocycles. The van der Waals surface area contributed by atoms with Crippen molar-refractivity contribution in [2.75, 3.05) is 0 Å². The summed E-state index contributed by atoms with van der Waals surface area (Å²) in [5, 5.41) is 0. The smallest absolute Gasteiger partial charge is 0.304 e. The second kappa shape index (κ2) is 18.7. The molecule has 0 N–H and O–H groups in total. The Bertz CT molecular complexity index is 3120. The fraction of sp³-hybridized carbons (Fsp3) is 0.0339. The van der Waals surface area contributed by atoms with Crippen LogP contribution in [0.1, 0.15) is 28.7 Å². The molecule has 0 aliphatic heterocycles. The number of hydrogen-bond donors (Lipinski definition) is 0. The normalized spacial score (nSPS) is 12.3. The van der Waals surface area contributed by atoms with Crippen molar-refractivity contribution in [3.8, 4) is 67.2 Å². The minimum absolute atomic E-state index is 0. The molecular weight excluding hydrogens is 943 g/mol. The maximum Gasteiger partial charge on any atom is 3.00 e. The van der Waals surface area contributed by atoms with Gasteiger partial charge in [-0.1, -0.05) is 115 Å². The number of aromatic nitrogens is 3. The minimum atomic E-state index is 0. The Labute approximate surface area is 383 Å². The molecule has 63 heavy (non-hydrogen) atoms. The Morgan fingerprint density at radius 2 is 0.857 bits per heavy atom. The summed E-state index contributed by atoms with van der Waals surface area (Å²) >= 11 is 0. The van der Waals surface area contributed by atoms with E-state index in [1.54, 1.807) is 0 Å². The molecule has 0 saturated carbocycles. The Kier molecular flexibility index (Phi) is 12.2. The first kappa shape index (κ1) is 41.0. The molecule has 1 aliphatic rings. The van der Waals surface area contributed by atoms with Gasteiger partial charge in [0, 0.05) is 24.2 Å². The van der Waals surface area contributed by atoms with E-state index >= 15 is 0 Å². The van der Waals surface area contributed by atoms with Gasteiger partial charge in [0.1, 0.15) is 0 Å². The van der Waals surface area contributed by atoms with E-state index in [0.717, 1.165) is 101 Å². The number of rotatable bonds is 9. The van der Waals surface area contributed by atoms with E-state index in [1.807, 2.05) is 85.3 Å². The molecule has 0 bridgehead atoms. The van der Waals surface area contributed by atoms with Crippen LogP contribution in [-0.2, 0) is 20.1 Å². The third-order valence-electron chi connectivity index (χ3n) is 11.4. The minimum Gasteiger partial charge on any atom is -0.304 e. The fourth-order valence-electron chi connectivity index (χ4n) is 8.31. The van der Waals surface area contributed by atoms with Gasteiger partial charge in [0.2, 0.25) is 0 Å². The summed E-state index contributed by atoms with van der Waals surface area (Å²) in [5.74, 6) is 0. The molecule has 0 saturated heterocycles. The number of nitrogens with zero attached hydrogens (tertiary/aromatic N) is 3. The number of aryl methyl sites for hydroxylation is 1. The summed E-state index contributed by atoms with van der Waals surface area (Å²) in [4.78, 5) is 14.8. The van der Waals surface area contributed by atoms with Crippen LogP contribution >= 0.6 is 0 Å². The summed E-state index contributed by atoms with van der Waals surface area (Å²) in [7, 11) is 0. The van der Waals surface area contributed by atoms with Crippen molar-refractivity contribution >= 4 is 16.7 Å². The predicted molar refractivity (Wildman–Crippen MR) is 255 cm³/mol. The van der Waals surface area contributed by atoms with E-state index in [4.69, 9.17) is 15.0 Å². The molecule has 0 radical (unpaired) electrons. The van der Waals surface area contributed by atoms with Gasteiger partial charge in [-0.2, -0.15) is 0 Å². The van der Waals surface area contributed by atoms with Crippen LogP contribution in [0.15, 0.2) is 213 Å². The quantitative estimate of drug-likeness (QED) is 0.135. The fourth-order valence-corrected chi connectivity index (χ4v) is 8.31. The standard InChI is InChI=1S/C59H40N3.Ir/c1-41-35-59(44-21-9-4-10-22-44)62-40-56(41)55-28-16-15-24-51(55)46-30-29-45(50-23-11-12-25-52(50)47-31-33-57(60-38-47)42-17-5-2-6-18-42)36-49(37-46)54-27-14-13-26-53(54)48-32-34-58(61-39-48)43-19-7-3-8-20-43;/h2-17,19,21,23-29,31-40H,30H2,1H3;/q-3;+3. The molecule has 0 amide bonds. The van der Waals surface area contributed by atoms with Crippen molar-refractivity contribution in [1.82, 2.24) is 15.0 Å². The first-order valence-electron chi connectivity index (χ1n) is 20.9. The van der Waals surface area contributed by atoms with Crippen LogP contribution in [0, 0.1) is 25.1 Å². The van der Waals surface area contributed by atoms with Gasteiger partial charge in [-0.3, -0.25) is 0 Å². The van der Waals surface area contributed by atoms with E-state index in [9.17, 15) is 0 Å². The molecule has 3 aromatic heterocycles. The van der Waals surface area contributed by atoms with Gasteiger partial charge >= 0.3 is 20.1 Å². The number of pyridine rings is 3. The molecule has 4 heteroatoms. The average molecular weight is 983 g/mol. The second-order valence-corrected chi connectivity index (χ2v) is 15.3. The number of benzene rings is 6. The summed E-state index contributed by atoms with van der Waals surface area (Å²) < 4.78 is 0. The maximum absolute atomic E-state index is 4.95. The zero-order valence-electron chi connectivity index (χ0n) is 34.6. The third-order valence-corrected chi connectivity index (χ3v) is 11.4. The van der Waals surface area contributed by atoms with Crippen molar-refractivity contribution in [3.63, 3.8) is 0 Å². The summed E-state index contributed by atoms with van der Waals surface area (Å²) in [6, 6.07) is 70.6. The van der Waals surface area contributed by atoms with E-state index in [-0.39, 0.29) is 20.1 Å². The largest absolute Gasteiger partial charge is 3.00 e. The first-order chi connectivity index (χ1) is 30.7. The van der Waals surface area contributed by atoms with Gasteiger partial charge < -0.3 is 15.0 Å². The van der Waals surface area contributed by atoms with Crippen LogP contribution in [0.4, 0.5) is 0 Å². The van der Waals surface area contributed by atoms with Gasteiger partial charge in [-0.25, -0.2) is 0 Å². The van der Waals surface area contributed by atoms with Crippen LogP contribution in [0.5, 0.6) is 0 Å². The maximum atomic E-state index is 4.95. The van der Waals surface area contributed by atoms with Crippen molar-refractivity contribution in [3.05, 3.63) is 253 Å². The van der Waals surface area contributed by atoms with Gasteiger partial charge in [0.15, 0.2) is 0 Å². The van der Waals surface area contributed by atoms with Gasteiger partial charge in [-0.05, 0) is 103 Å². The number of allylic oxidation sites excluding steroid dienone is 6. The van der Waals surface area contributed by atoms with Crippen LogP contribution in [0.2, 0.25) is 0 Å². The van der Waals surface area contributed by atoms with Gasteiger partial charge in [-0.15, -0.1) is 108 Å².